The summed E-state index contributed by atoms with van der Waals surface area (Å²) in [5, 5.41) is 3.40. The minimum atomic E-state index is -4.27. The highest BCUT2D eigenvalue weighted by molar-refractivity contribution is 4.74. The van der Waals surface area contributed by atoms with Crippen LogP contribution in [0, 0.1) is 0 Å². The monoisotopic (exact) mass is 254 g/mol. The van der Waals surface area contributed by atoms with Gasteiger partial charge >= 0.3 is 6.18 Å². The van der Waals surface area contributed by atoms with Gasteiger partial charge in [0, 0.05) is 12.1 Å². The Hall–Kier alpha value is -0.330. The Morgan fingerprint density at radius 1 is 1.35 bits per heavy atom. The molecule has 0 aromatic rings. The molecule has 1 fully saturated rings. The lowest BCUT2D eigenvalue weighted by Crippen LogP contribution is -2.38. The lowest BCUT2D eigenvalue weighted by molar-refractivity contribution is -0.192. The molecule has 0 aromatic carbocycles. The summed E-state index contributed by atoms with van der Waals surface area (Å²) in [6.07, 6.45) is 1.21. The molecule has 0 amide bonds. The van der Waals surface area contributed by atoms with Crippen molar-refractivity contribution in [1.29, 1.82) is 0 Å². The summed E-state index contributed by atoms with van der Waals surface area (Å²) in [6.45, 7) is 1.60. The predicted molar refractivity (Wildman–Crippen MR) is 59.5 cm³/mol. The molecule has 0 radical (unpaired) electrons. The summed E-state index contributed by atoms with van der Waals surface area (Å²) in [7, 11) is 0. The fourth-order valence-corrected chi connectivity index (χ4v) is 2.04. The Labute approximate surface area is 100 Å². The quantitative estimate of drug-likeness (QED) is 0.739. The summed E-state index contributed by atoms with van der Waals surface area (Å²) in [4.78, 5) is 4.43. The van der Waals surface area contributed by atoms with Gasteiger partial charge in [-0.2, -0.15) is 18.7 Å². The number of alkyl halides is 3. The van der Waals surface area contributed by atoms with Crippen LogP contribution in [0.2, 0.25) is 0 Å². The van der Waals surface area contributed by atoms with E-state index in [1.54, 1.807) is 0 Å². The Balaban J connectivity index is 2.12. The van der Waals surface area contributed by atoms with Gasteiger partial charge in [0.2, 0.25) is 0 Å². The van der Waals surface area contributed by atoms with Crippen molar-refractivity contribution in [1.82, 2.24) is 10.8 Å². The zero-order valence-corrected chi connectivity index (χ0v) is 10.1. The third kappa shape index (κ3) is 7.57. The van der Waals surface area contributed by atoms with Gasteiger partial charge in [0.15, 0.2) is 6.61 Å². The van der Waals surface area contributed by atoms with Gasteiger partial charge in [-0.3, -0.25) is 4.84 Å². The summed E-state index contributed by atoms with van der Waals surface area (Å²) in [5.41, 5.74) is 2.45. The van der Waals surface area contributed by atoms with Crippen molar-refractivity contribution in [2.45, 2.75) is 57.3 Å². The van der Waals surface area contributed by atoms with E-state index in [0.29, 0.717) is 6.04 Å². The first kappa shape index (κ1) is 14.7. The average Bonchev–Trinajstić information content (AvgIpc) is 2.44. The lowest BCUT2D eigenvalue weighted by Gasteiger charge is -2.21. The largest absolute Gasteiger partial charge is 0.413 e. The highest BCUT2D eigenvalue weighted by Gasteiger charge is 2.28. The van der Waals surface area contributed by atoms with E-state index in [9.17, 15) is 13.2 Å². The van der Waals surface area contributed by atoms with Crippen molar-refractivity contribution in [3.63, 3.8) is 0 Å². The van der Waals surface area contributed by atoms with Crippen molar-refractivity contribution >= 4 is 0 Å². The van der Waals surface area contributed by atoms with E-state index in [4.69, 9.17) is 0 Å². The van der Waals surface area contributed by atoms with Gasteiger partial charge in [0.05, 0.1) is 0 Å². The third-order valence-corrected chi connectivity index (χ3v) is 2.82. The van der Waals surface area contributed by atoms with Gasteiger partial charge in [-0.05, 0) is 32.7 Å². The molecule has 0 saturated carbocycles. The topological polar surface area (TPSA) is 33.3 Å². The Kier molecular flexibility index (Phi) is 6.22. The minimum Gasteiger partial charge on any atom is -0.314 e. The van der Waals surface area contributed by atoms with Gasteiger partial charge in [-0.15, -0.1) is 0 Å². The van der Waals surface area contributed by atoms with Gasteiger partial charge in [0.1, 0.15) is 0 Å². The average molecular weight is 254 g/mol. The van der Waals surface area contributed by atoms with Gasteiger partial charge in [-0.25, -0.2) is 0 Å². The minimum absolute atomic E-state index is 0.0760. The molecular weight excluding hydrogens is 233 g/mol. The van der Waals surface area contributed by atoms with E-state index in [1.165, 1.54) is 19.3 Å². The van der Waals surface area contributed by atoms with Gasteiger partial charge in [-0.1, -0.05) is 12.8 Å². The predicted octanol–water partition coefficient (Wildman–Crippen LogP) is 2.38. The van der Waals surface area contributed by atoms with Crippen LogP contribution in [0.4, 0.5) is 13.2 Å². The van der Waals surface area contributed by atoms with E-state index in [2.05, 4.69) is 15.6 Å². The normalized spacial score (nSPS) is 24.4. The number of hydrogen-bond donors (Lipinski definition) is 2. The Morgan fingerprint density at radius 3 is 2.82 bits per heavy atom. The number of hydrogen-bond acceptors (Lipinski definition) is 3. The zero-order chi connectivity index (χ0) is 12.7. The second-order valence-electron chi connectivity index (χ2n) is 4.66. The van der Waals surface area contributed by atoms with Crippen LogP contribution in [0.3, 0.4) is 0 Å². The van der Waals surface area contributed by atoms with Gasteiger partial charge < -0.3 is 5.32 Å². The SMILES string of the molecule is CC(CC1CCCCCN1)NOCC(F)(F)F. The van der Waals surface area contributed by atoms with E-state index in [1.807, 2.05) is 6.92 Å². The maximum atomic E-state index is 11.8. The van der Waals surface area contributed by atoms with Crippen LogP contribution in [-0.2, 0) is 4.84 Å². The molecule has 1 aliphatic rings. The maximum Gasteiger partial charge on any atom is 0.413 e. The van der Waals surface area contributed by atoms with E-state index in [-0.39, 0.29) is 6.04 Å². The van der Waals surface area contributed by atoms with Gasteiger partial charge in [0.25, 0.3) is 0 Å². The summed E-state index contributed by atoms with van der Waals surface area (Å²) in [5.74, 6) is 0. The van der Waals surface area contributed by atoms with Crippen molar-refractivity contribution < 1.29 is 18.0 Å². The zero-order valence-electron chi connectivity index (χ0n) is 10.1. The van der Waals surface area contributed by atoms with Crippen molar-refractivity contribution in [3.05, 3.63) is 0 Å². The van der Waals surface area contributed by atoms with Crippen molar-refractivity contribution in [2.75, 3.05) is 13.2 Å². The Bertz CT molecular complexity index is 203. The first-order valence-electron chi connectivity index (χ1n) is 6.15. The molecule has 0 aromatic heterocycles. The highest BCUT2D eigenvalue weighted by atomic mass is 19.4. The summed E-state index contributed by atoms with van der Waals surface area (Å²) >= 11 is 0. The summed E-state index contributed by atoms with van der Waals surface area (Å²) in [6, 6.07) is 0.308. The second kappa shape index (κ2) is 7.18. The number of hydroxylamine groups is 1. The van der Waals surface area contributed by atoms with E-state index in [0.717, 1.165) is 19.4 Å². The van der Waals surface area contributed by atoms with Crippen molar-refractivity contribution in [3.8, 4) is 0 Å². The molecule has 1 aliphatic heterocycles. The van der Waals surface area contributed by atoms with E-state index < -0.39 is 12.8 Å². The van der Waals surface area contributed by atoms with E-state index >= 15 is 0 Å². The van der Waals surface area contributed by atoms with Crippen LogP contribution < -0.4 is 10.8 Å². The number of rotatable bonds is 5. The van der Waals surface area contributed by atoms with Crippen LogP contribution in [0.15, 0.2) is 0 Å². The molecule has 102 valence electrons. The highest BCUT2D eigenvalue weighted by Crippen LogP contribution is 2.15. The Morgan fingerprint density at radius 2 is 2.12 bits per heavy atom. The molecule has 6 heteroatoms. The molecule has 3 nitrogen and oxygen atoms in total. The molecular formula is C11H21F3N2O. The number of nitrogens with one attached hydrogen (secondary N) is 2. The molecule has 2 N–H and O–H groups in total. The molecule has 0 bridgehead atoms. The summed E-state index contributed by atoms with van der Waals surface area (Å²) < 4.78 is 35.5. The molecule has 1 rings (SSSR count). The number of halogens is 3. The third-order valence-electron chi connectivity index (χ3n) is 2.82. The lowest BCUT2D eigenvalue weighted by atomic mass is 10.0. The molecule has 0 spiro atoms. The first-order chi connectivity index (χ1) is 7.97. The first-order valence-corrected chi connectivity index (χ1v) is 6.15. The van der Waals surface area contributed by atoms with Crippen LogP contribution in [0.25, 0.3) is 0 Å². The fourth-order valence-electron chi connectivity index (χ4n) is 2.04. The molecule has 2 atom stereocenters. The molecule has 0 aliphatic carbocycles. The second-order valence-corrected chi connectivity index (χ2v) is 4.66. The smallest absolute Gasteiger partial charge is 0.314 e. The molecule has 2 unspecified atom stereocenters. The van der Waals surface area contributed by atoms with Crippen LogP contribution in [0.5, 0.6) is 0 Å². The van der Waals surface area contributed by atoms with Crippen LogP contribution in [-0.4, -0.2) is 31.4 Å². The van der Waals surface area contributed by atoms with Crippen LogP contribution in [0.1, 0.15) is 39.0 Å². The standard InChI is InChI=1S/C11H21F3N2O/c1-9(16-17-8-11(12,13)14)7-10-5-3-2-4-6-15-10/h9-10,15-16H,2-8H2,1H3. The maximum absolute atomic E-state index is 11.8. The van der Waals surface area contributed by atoms with Crippen LogP contribution >= 0.6 is 0 Å². The molecule has 1 saturated heterocycles. The van der Waals surface area contributed by atoms with Crippen molar-refractivity contribution in [2.24, 2.45) is 0 Å². The molecule has 1 heterocycles. The molecule has 17 heavy (non-hydrogen) atoms. The fraction of sp³-hybridized carbons (Fsp3) is 1.00.